The van der Waals surface area contributed by atoms with Gasteiger partial charge in [0, 0.05) is 24.0 Å². The van der Waals surface area contributed by atoms with Crippen molar-refractivity contribution >= 4 is 28.8 Å². The monoisotopic (exact) mass is 336 g/mol. The van der Waals surface area contributed by atoms with Crippen LogP contribution < -0.4 is 0 Å². The van der Waals surface area contributed by atoms with Crippen LogP contribution in [0.25, 0.3) is 10.6 Å². The summed E-state index contributed by atoms with van der Waals surface area (Å²) in [7, 11) is 0. The highest BCUT2D eigenvalue weighted by Crippen LogP contribution is 2.30. The lowest BCUT2D eigenvalue weighted by Gasteiger charge is -2.33. The summed E-state index contributed by atoms with van der Waals surface area (Å²) in [5.41, 5.74) is 1.25. The molecular formula is C16H17ClN2O2S. The van der Waals surface area contributed by atoms with Gasteiger partial charge in [0.25, 0.3) is 5.91 Å². The van der Waals surface area contributed by atoms with E-state index < -0.39 is 6.10 Å². The first-order valence-corrected chi connectivity index (χ1v) is 8.50. The minimum atomic E-state index is -0.459. The minimum Gasteiger partial charge on any atom is -0.391 e. The number of rotatable bonds is 2. The quantitative estimate of drug-likeness (QED) is 0.915. The number of carbonyl (C=O) groups is 1. The lowest BCUT2D eigenvalue weighted by atomic mass is 9.96. The van der Waals surface area contributed by atoms with Gasteiger partial charge in [-0.25, -0.2) is 4.98 Å². The molecule has 2 aromatic rings. The Morgan fingerprint density at radius 2 is 2.23 bits per heavy atom. The summed E-state index contributed by atoms with van der Waals surface area (Å²) in [6.45, 7) is 3.04. The van der Waals surface area contributed by atoms with Crippen LogP contribution in [0, 0.1) is 5.92 Å². The molecule has 1 saturated heterocycles. The van der Waals surface area contributed by atoms with Crippen LogP contribution in [-0.2, 0) is 0 Å². The highest BCUT2D eigenvalue weighted by Gasteiger charge is 2.29. The summed E-state index contributed by atoms with van der Waals surface area (Å²) in [5, 5.41) is 13.0. The number of likely N-dealkylation sites (tertiary alicyclic amines) is 1. The second-order valence-electron chi connectivity index (χ2n) is 5.60. The molecule has 22 heavy (non-hydrogen) atoms. The standard InChI is InChI=1S/C16H17ClN2O2S/c1-10-6-7-19(8-14(10)20)16(21)13-9-22-15(18-13)11-4-2-3-5-12(11)17/h2-5,9-10,14,20H,6-8H2,1H3. The summed E-state index contributed by atoms with van der Waals surface area (Å²) in [6.07, 6.45) is 0.355. The van der Waals surface area contributed by atoms with Crippen molar-refractivity contribution in [3.05, 3.63) is 40.4 Å². The first-order chi connectivity index (χ1) is 10.6. The van der Waals surface area contributed by atoms with E-state index in [4.69, 9.17) is 11.6 Å². The zero-order chi connectivity index (χ0) is 15.7. The number of carbonyl (C=O) groups excluding carboxylic acids is 1. The van der Waals surface area contributed by atoms with Crippen LogP contribution in [0.3, 0.4) is 0 Å². The summed E-state index contributed by atoms with van der Waals surface area (Å²) in [5.74, 6) is 0.110. The fourth-order valence-corrected chi connectivity index (χ4v) is 3.64. The van der Waals surface area contributed by atoms with Gasteiger partial charge in [-0.3, -0.25) is 4.79 Å². The summed E-state index contributed by atoms with van der Waals surface area (Å²) < 4.78 is 0. The Morgan fingerprint density at radius 3 is 2.95 bits per heavy atom. The van der Waals surface area contributed by atoms with E-state index in [9.17, 15) is 9.90 Å². The minimum absolute atomic E-state index is 0.125. The third kappa shape index (κ3) is 3.02. The normalized spacial score (nSPS) is 21.9. The molecule has 2 unspecified atom stereocenters. The van der Waals surface area contributed by atoms with Crippen molar-refractivity contribution in [3.8, 4) is 10.6 Å². The van der Waals surface area contributed by atoms with Gasteiger partial charge < -0.3 is 10.0 Å². The molecule has 6 heteroatoms. The van der Waals surface area contributed by atoms with Gasteiger partial charge in [-0.05, 0) is 18.4 Å². The zero-order valence-corrected chi connectivity index (χ0v) is 13.8. The highest BCUT2D eigenvalue weighted by molar-refractivity contribution is 7.13. The van der Waals surface area contributed by atoms with E-state index in [1.165, 1.54) is 11.3 Å². The molecule has 1 aliphatic rings. The largest absolute Gasteiger partial charge is 0.391 e. The van der Waals surface area contributed by atoms with Crippen LogP contribution in [0.1, 0.15) is 23.8 Å². The Kier molecular flexibility index (Phi) is 4.47. The van der Waals surface area contributed by atoms with Crippen LogP contribution in [-0.4, -0.2) is 40.1 Å². The molecule has 0 spiro atoms. The molecule has 3 rings (SSSR count). The van der Waals surface area contributed by atoms with Gasteiger partial charge in [0.15, 0.2) is 0 Å². The van der Waals surface area contributed by atoms with Crippen LogP contribution >= 0.6 is 22.9 Å². The number of nitrogens with zero attached hydrogens (tertiary/aromatic N) is 2. The first-order valence-electron chi connectivity index (χ1n) is 7.24. The van der Waals surface area contributed by atoms with Crippen LogP contribution in [0.15, 0.2) is 29.6 Å². The Balaban J connectivity index is 1.79. The van der Waals surface area contributed by atoms with Crippen LogP contribution in [0.4, 0.5) is 0 Å². The van der Waals surface area contributed by atoms with Crippen molar-refractivity contribution in [1.82, 2.24) is 9.88 Å². The van der Waals surface area contributed by atoms with E-state index in [2.05, 4.69) is 4.98 Å². The number of aromatic nitrogens is 1. The predicted octanol–water partition coefficient (Wildman–Crippen LogP) is 3.31. The number of halogens is 1. The van der Waals surface area contributed by atoms with Gasteiger partial charge in [0.2, 0.25) is 0 Å². The van der Waals surface area contributed by atoms with Crippen molar-refractivity contribution in [3.63, 3.8) is 0 Å². The van der Waals surface area contributed by atoms with Crippen molar-refractivity contribution in [2.45, 2.75) is 19.4 Å². The topological polar surface area (TPSA) is 53.4 Å². The average molecular weight is 337 g/mol. The van der Waals surface area contributed by atoms with Crippen molar-refractivity contribution in [2.75, 3.05) is 13.1 Å². The number of aliphatic hydroxyl groups excluding tert-OH is 1. The van der Waals surface area contributed by atoms with Gasteiger partial charge in [-0.1, -0.05) is 36.7 Å². The lowest BCUT2D eigenvalue weighted by molar-refractivity contribution is 0.0246. The molecule has 2 heterocycles. The Hall–Kier alpha value is -1.43. The third-order valence-electron chi connectivity index (χ3n) is 4.03. The Morgan fingerprint density at radius 1 is 1.45 bits per heavy atom. The fraction of sp³-hybridized carbons (Fsp3) is 0.375. The maximum absolute atomic E-state index is 12.5. The molecule has 4 nitrogen and oxygen atoms in total. The number of aliphatic hydroxyl groups is 1. The zero-order valence-electron chi connectivity index (χ0n) is 12.2. The van der Waals surface area contributed by atoms with E-state index in [0.717, 1.165) is 17.0 Å². The van der Waals surface area contributed by atoms with E-state index in [0.29, 0.717) is 23.8 Å². The van der Waals surface area contributed by atoms with Crippen LogP contribution in [0.5, 0.6) is 0 Å². The summed E-state index contributed by atoms with van der Waals surface area (Å²) in [4.78, 5) is 18.6. The van der Waals surface area contributed by atoms with Crippen molar-refractivity contribution in [1.29, 1.82) is 0 Å². The highest BCUT2D eigenvalue weighted by atomic mass is 35.5. The lowest BCUT2D eigenvalue weighted by Crippen LogP contribution is -2.45. The molecule has 1 fully saturated rings. The van der Waals surface area contributed by atoms with E-state index in [-0.39, 0.29) is 11.8 Å². The van der Waals surface area contributed by atoms with Gasteiger partial charge in [-0.2, -0.15) is 0 Å². The second kappa shape index (κ2) is 6.36. The number of β-amino-alcohol motifs (C(OH)–C–C–N with tert-alkyl or cyclic N) is 1. The number of piperidine rings is 1. The summed E-state index contributed by atoms with van der Waals surface area (Å²) in [6, 6.07) is 7.46. The SMILES string of the molecule is CC1CCN(C(=O)c2csc(-c3ccccc3Cl)n2)CC1O. The molecule has 1 N–H and O–H groups in total. The Bertz CT molecular complexity index is 688. The number of amides is 1. The molecule has 0 bridgehead atoms. The van der Waals surface area contributed by atoms with Gasteiger partial charge in [0.1, 0.15) is 10.7 Å². The molecule has 0 aliphatic carbocycles. The molecule has 0 saturated carbocycles. The average Bonchev–Trinajstić information content (AvgIpc) is 2.99. The number of hydrogen-bond acceptors (Lipinski definition) is 4. The molecule has 0 radical (unpaired) electrons. The maximum atomic E-state index is 12.5. The maximum Gasteiger partial charge on any atom is 0.273 e. The second-order valence-corrected chi connectivity index (χ2v) is 6.87. The van der Waals surface area contributed by atoms with Gasteiger partial charge in [-0.15, -0.1) is 11.3 Å². The van der Waals surface area contributed by atoms with Crippen molar-refractivity contribution in [2.24, 2.45) is 5.92 Å². The van der Waals surface area contributed by atoms with Crippen molar-refractivity contribution < 1.29 is 9.90 Å². The predicted molar refractivity (Wildman–Crippen MR) is 88.3 cm³/mol. The number of thiazole rings is 1. The molecule has 2 atom stereocenters. The Labute approximate surface area is 138 Å². The van der Waals surface area contributed by atoms with E-state index in [1.807, 2.05) is 31.2 Å². The molecule has 1 aromatic heterocycles. The van der Waals surface area contributed by atoms with E-state index in [1.54, 1.807) is 10.3 Å². The molecule has 1 aliphatic heterocycles. The number of hydrogen-bond donors (Lipinski definition) is 1. The third-order valence-corrected chi connectivity index (χ3v) is 5.24. The summed E-state index contributed by atoms with van der Waals surface area (Å²) >= 11 is 7.57. The number of benzene rings is 1. The van der Waals surface area contributed by atoms with E-state index >= 15 is 0 Å². The molecule has 116 valence electrons. The fourth-order valence-electron chi connectivity index (χ4n) is 2.53. The molecule has 1 amide bonds. The van der Waals surface area contributed by atoms with Crippen LogP contribution in [0.2, 0.25) is 5.02 Å². The van der Waals surface area contributed by atoms with Gasteiger partial charge in [0.05, 0.1) is 11.1 Å². The first kappa shape index (κ1) is 15.5. The molecule has 1 aromatic carbocycles. The van der Waals surface area contributed by atoms with Gasteiger partial charge >= 0.3 is 0 Å². The smallest absolute Gasteiger partial charge is 0.273 e. The molecular weight excluding hydrogens is 320 g/mol.